The van der Waals surface area contributed by atoms with Crippen LogP contribution < -0.4 is 0 Å². The van der Waals surface area contributed by atoms with E-state index in [0.717, 1.165) is 0 Å². The van der Waals surface area contributed by atoms with Gasteiger partial charge in [-0.15, -0.1) is 0 Å². The van der Waals surface area contributed by atoms with E-state index in [4.69, 9.17) is 4.42 Å². The van der Waals surface area contributed by atoms with Crippen molar-refractivity contribution in [2.24, 2.45) is 0 Å². The molecule has 2 aromatic carbocycles. The number of furan rings is 1. The minimum atomic E-state index is -0.469. The SMILES string of the molecule is Fc1cccc2c1oc1cccc(F)c12. The van der Waals surface area contributed by atoms with Crippen molar-refractivity contribution in [2.75, 3.05) is 0 Å². The Kier molecular flexibility index (Phi) is 1.57. The first-order valence-electron chi connectivity index (χ1n) is 4.52. The molecule has 3 aromatic rings. The van der Waals surface area contributed by atoms with E-state index in [1.807, 2.05) is 0 Å². The van der Waals surface area contributed by atoms with Crippen LogP contribution in [0.2, 0.25) is 0 Å². The van der Waals surface area contributed by atoms with Crippen LogP contribution >= 0.6 is 0 Å². The maximum Gasteiger partial charge on any atom is 0.171 e. The average molecular weight is 204 g/mol. The Bertz CT molecular complexity index is 655. The highest BCUT2D eigenvalue weighted by Gasteiger charge is 2.12. The van der Waals surface area contributed by atoms with Crippen molar-refractivity contribution in [1.29, 1.82) is 0 Å². The van der Waals surface area contributed by atoms with E-state index in [1.165, 1.54) is 18.2 Å². The molecular formula is C12H6F2O. The topological polar surface area (TPSA) is 13.1 Å². The van der Waals surface area contributed by atoms with E-state index < -0.39 is 11.6 Å². The first kappa shape index (κ1) is 8.41. The van der Waals surface area contributed by atoms with Crippen LogP contribution in [-0.4, -0.2) is 0 Å². The summed E-state index contributed by atoms with van der Waals surface area (Å²) in [6.45, 7) is 0. The van der Waals surface area contributed by atoms with Gasteiger partial charge >= 0.3 is 0 Å². The normalized spacial score (nSPS) is 11.3. The van der Waals surface area contributed by atoms with Crippen molar-refractivity contribution >= 4 is 21.9 Å². The Balaban J connectivity index is 2.65. The van der Waals surface area contributed by atoms with E-state index in [1.54, 1.807) is 18.2 Å². The minimum Gasteiger partial charge on any atom is -0.453 e. The summed E-state index contributed by atoms with van der Waals surface area (Å²) in [6, 6.07) is 8.98. The van der Waals surface area contributed by atoms with Crippen molar-refractivity contribution in [3.05, 3.63) is 48.0 Å². The standard InChI is InChI=1S/C12H6F2O/c13-8-4-2-6-10-11(8)7-3-1-5-9(14)12(7)15-10/h1-6H. The summed E-state index contributed by atoms with van der Waals surface area (Å²) in [5, 5.41) is 0.815. The van der Waals surface area contributed by atoms with Gasteiger partial charge in [0.15, 0.2) is 11.4 Å². The second kappa shape index (κ2) is 2.79. The summed E-state index contributed by atoms with van der Waals surface area (Å²) in [5.74, 6) is -0.861. The lowest BCUT2D eigenvalue weighted by Gasteiger charge is -1.90. The first-order valence-corrected chi connectivity index (χ1v) is 4.52. The van der Waals surface area contributed by atoms with E-state index >= 15 is 0 Å². The van der Waals surface area contributed by atoms with Crippen molar-refractivity contribution in [3.8, 4) is 0 Å². The molecule has 1 aromatic heterocycles. The highest BCUT2D eigenvalue weighted by Crippen LogP contribution is 2.31. The van der Waals surface area contributed by atoms with Crippen LogP contribution in [0.25, 0.3) is 21.9 Å². The highest BCUT2D eigenvalue weighted by molar-refractivity contribution is 6.05. The number of rotatable bonds is 0. The molecule has 3 heteroatoms. The molecule has 0 saturated heterocycles. The van der Waals surface area contributed by atoms with Crippen LogP contribution in [0.1, 0.15) is 0 Å². The van der Waals surface area contributed by atoms with Gasteiger partial charge in [0.1, 0.15) is 11.4 Å². The molecule has 1 nitrogen and oxygen atoms in total. The Hall–Kier alpha value is -1.90. The Morgan fingerprint density at radius 3 is 2.47 bits per heavy atom. The lowest BCUT2D eigenvalue weighted by molar-refractivity contribution is 0.583. The van der Waals surface area contributed by atoms with Gasteiger partial charge in [-0.2, -0.15) is 0 Å². The molecule has 0 aliphatic heterocycles. The zero-order valence-electron chi connectivity index (χ0n) is 7.63. The quantitative estimate of drug-likeness (QED) is 0.541. The van der Waals surface area contributed by atoms with Crippen molar-refractivity contribution in [1.82, 2.24) is 0 Å². The fraction of sp³-hybridized carbons (Fsp3) is 0. The zero-order valence-corrected chi connectivity index (χ0v) is 7.63. The number of benzene rings is 2. The van der Waals surface area contributed by atoms with Crippen molar-refractivity contribution in [2.45, 2.75) is 0 Å². The van der Waals surface area contributed by atoms with Crippen LogP contribution in [0.3, 0.4) is 0 Å². The molecule has 0 radical (unpaired) electrons. The molecule has 74 valence electrons. The maximum absolute atomic E-state index is 13.5. The van der Waals surface area contributed by atoms with Gasteiger partial charge in [-0.05, 0) is 18.2 Å². The summed E-state index contributed by atoms with van der Waals surface area (Å²) < 4.78 is 32.1. The highest BCUT2D eigenvalue weighted by atomic mass is 19.1. The van der Waals surface area contributed by atoms with Gasteiger partial charge in [0.25, 0.3) is 0 Å². The lowest BCUT2D eigenvalue weighted by atomic mass is 10.1. The third-order valence-electron chi connectivity index (χ3n) is 2.42. The second-order valence-electron chi connectivity index (χ2n) is 3.33. The summed E-state index contributed by atoms with van der Waals surface area (Å²) >= 11 is 0. The monoisotopic (exact) mass is 204 g/mol. The van der Waals surface area contributed by atoms with Crippen molar-refractivity contribution in [3.63, 3.8) is 0 Å². The molecule has 0 aliphatic rings. The molecule has 0 unspecified atom stereocenters. The van der Waals surface area contributed by atoms with E-state index in [2.05, 4.69) is 0 Å². The third-order valence-corrected chi connectivity index (χ3v) is 2.42. The largest absolute Gasteiger partial charge is 0.453 e. The fourth-order valence-electron chi connectivity index (χ4n) is 1.77. The molecule has 0 N–H and O–H groups in total. The molecule has 1 heterocycles. The molecular weight excluding hydrogens is 198 g/mol. The molecule has 0 spiro atoms. The predicted octanol–water partition coefficient (Wildman–Crippen LogP) is 3.86. The lowest BCUT2D eigenvalue weighted by Crippen LogP contribution is -1.75. The fourth-order valence-corrected chi connectivity index (χ4v) is 1.77. The van der Waals surface area contributed by atoms with Crippen LogP contribution in [0, 0.1) is 11.6 Å². The van der Waals surface area contributed by atoms with Crippen LogP contribution in [0.15, 0.2) is 40.8 Å². The summed E-state index contributed by atoms with van der Waals surface area (Å²) in [7, 11) is 0. The van der Waals surface area contributed by atoms with E-state index in [9.17, 15) is 8.78 Å². The number of halogens is 2. The van der Waals surface area contributed by atoms with Gasteiger partial charge < -0.3 is 4.42 Å². The number of hydrogen-bond acceptors (Lipinski definition) is 1. The number of para-hydroxylation sites is 1. The van der Waals surface area contributed by atoms with Crippen LogP contribution in [0.4, 0.5) is 8.78 Å². The molecule has 0 saturated carbocycles. The number of fused-ring (bicyclic) bond motifs is 3. The van der Waals surface area contributed by atoms with Crippen LogP contribution in [-0.2, 0) is 0 Å². The van der Waals surface area contributed by atoms with E-state index in [-0.39, 0.29) is 5.58 Å². The van der Waals surface area contributed by atoms with Gasteiger partial charge in [0.2, 0.25) is 0 Å². The maximum atomic E-state index is 13.5. The molecule has 0 amide bonds. The van der Waals surface area contributed by atoms with Gasteiger partial charge in [-0.1, -0.05) is 18.2 Å². The zero-order chi connectivity index (χ0) is 10.4. The first-order chi connectivity index (χ1) is 7.27. The molecule has 15 heavy (non-hydrogen) atoms. The molecule has 0 fully saturated rings. The summed E-state index contributed by atoms with van der Waals surface area (Å²) in [6.07, 6.45) is 0. The third kappa shape index (κ3) is 1.06. The van der Waals surface area contributed by atoms with Gasteiger partial charge in [-0.3, -0.25) is 0 Å². The Morgan fingerprint density at radius 2 is 1.60 bits per heavy atom. The Morgan fingerprint density at radius 1 is 0.867 bits per heavy atom. The Labute approximate surface area is 83.9 Å². The summed E-state index contributed by atoms with van der Waals surface area (Å²) in [4.78, 5) is 0. The molecule has 3 rings (SSSR count). The summed E-state index contributed by atoms with van der Waals surface area (Å²) in [5.41, 5.74) is 0.479. The smallest absolute Gasteiger partial charge is 0.171 e. The van der Waals surface area contributed by atoms with Crippen molar-refractivity contribution < 1.29 is 13.2 Å². The molecule has 0 atom stereocenters. The van der Waals surface area contributed by atoms with E-state index in [0.29, 0.717) is 16.4 Å². The minimum absolute atomic E-state index is 0.109. The van der Waals surface area contributed by atoms with Gasteiger partial charge in [0, 0.05) is 5.39 Å². The van der Waals surface area contributed by atoms with Crippen LogP contribution in [0.5, 0.6) is 0 Å². The predicted molar refractivity (Wildman–Crippen MR) is 53.6 cm³/mol. The van der Waals surface area contributed by atoms with Gasteiger partial charge in [0.05, 0.1) is 5.39 Å². The van der Waals surface area contributed by atoms with Gasteiger partial charge in [-0.25, -0.2) is 8.78 Å². The number of hydrogen-bond donors (Lipinski definition) is 0. The average Bonchev–Trinajstić information content (AvgIpc) is 2.59. The second-order valence-corrected chi connectivity index (χ2v) is 3.33. The molecule has 0 aliphatic carbocycles. The molecule has 0 bridgehead atoms.